The molecule has 1 atom stereocenters. The Morgan fingerprint density at radius 2 is 1.61 bits per heavy atom. The van der Waals surface area contributed by atoms with Crippen molar-refractivity contribution < 1.29 is 13.2 Å². The van der Waals surface area contributed by atoms with Crippen molar-refractivity contribution in [3.63, 3.8) is 0 Å². The molecule has 0 radical (unpaired) electrons. The normalized spacial score (nSPS) is 15.6. The minimum Gasteiger partial charge on any atom is -0.322 e. The van der Waals surface area contributed by atoms with E-state index < -0.39 is 10.0 Å². The zero-order valence-electron chi connectivity index (χ0n) is 18.1. The molecule has 3 aromatic carbocycles. The number of fused-ring (bicyclic) bond motifs is 1. The number of amides is 1. The number of rotatable bonds is 4. The second kappa shape index (κ2) is 7.85. The predicted molar refractivity (Wildman–Crippen MR) is 124 cm³/mol. The van der Waals surface area contributed by atoms with E-state index in [0.29, 0.717) is 17.7 Å². The summed E-state index contributed by atoms with van der Waals surface area (Å²) in [7, 11) is -3.68. The first-order chi connectivity index (χ1) is 14.7. The molecule has 0 saturated carbocycles. The lowest BCUT2D eigenvalue weighted by molar-refractivity contribution is 0.102. The number of aryl methyl sites for hydroxylation is 3. The van der Waals surface area contributed by atoms with Crippen LogP contribution in [-0.4, -0.2) is 20.4 Å². The number of nitrogens with one attached hydrogen (secondary N) is 1. The van der Waals surface area contributed by atoms with E-state index in [1.54, 1.807) is 42.5 Å². The number of carbonyl (C=O) groups is 1. The van der Waals surface area contributed by atoms with Gasteiger partial charge in [-0.3, -0.25) is 9.10 Å². The van der Waals surface area contributed by atoms with Crippen LogP contribution < -0.4 is 9.62 Å². The molecule has 1 aliphatic rings. The maximum Gasteiger partial charge on any atom is 0.264 e. The van der Waals surface area contributed by atoms with Gasteiger partial charge in [0, 0.05) is 17.3 Å². The Bertz CT molecular complexity index is 1260. The van der Waals surface area contributed by atoms with E-state index in [2.05, 4.69) is 5.32 Å². The van der Waals surface area contributed by atoms with E-state index >= 15 is 0 Å². The highest BCUT2D eigenvalue weighted by atomic mass is 32.2. The highest BCUT2D eigenvalue weighted by molar-refractivity contribution is 7.92. The van der Waals surface area contributed by atoms with Crippen molar-refractivity contribution in [1.29, 1.82) is 0 Å². The summed E-state index contributed by atoms with van der Waals surface area (Å²) in [6.07, 6.45) is 0.561. The van der Waals surface area contributed by atoms with Crippen molar-refractivity contribution in [2.45, 2.75) is 45.1 Å². The molecular weight excluding hydrogens is 408 g/mol. The first-order valence-corrected chi connectivity index (χ1v) is 11.7. The molecule has 0 bridgehead atoms. The molecule has 1 amide bonds. The SMILES string of the molecule is Cc1ccc(S(=O)(=O)N2c3ccc(C(=O)Nc4ccc(C)cc4C)cc3C[C@H]2C)cc1. The molecule has 5 nitrogen and oxygen atoms in total. The van der Waals surface area contributed by atoms with Crippen LogP contribution in [0.1, 0.15) is 39.5 Å². The van der Waals surface area contributed by atoms with Crippen LogP contribution in [0.4, 0.5) is 11.4 Å². The molecule has 31 heavy (non-hydrogen) atoms. The maximum atomic E-state index is 13.3. The third-order valence-electron chi connectivity index (χ3n) is 5.70. The highest BCUT2D eigenvalue weighted by Gasteiger charge is 2.36. The average Bonchev–Trinajstić information content (AvgIpc) is 3.06. The molecule has 160 valence electrons. The fourth-order valence-corrected chi connectivity index (χ4v) is 5.77. The molecule has 1 aliphatic heterocycles. The maximum absolute atomic E-state index is 13.3. The fourth-order valence-electron chi connectivity index (χ4n) is 4.08. The molecule has 1 N–H and O–H groups in total. The number of nitrogens with zero attached hydrogens (tertiary/aromatic N) is 1. The van der Waals surface area contributed by atoms with Crippen LogP contribution >= 0.6 is 0 Å². The van der Waals surface area contributed by atoms with E-state index in [-0.39, 0.29) is 16.8 Å². The summed E-state index contributed by atoms with van der Waals surface area (Å²) in [4.78, 5) is 13.1. The van der Waals surface area contributed by atoms with Gasteiger partial charge in [-0.2, -0.15) is 0 Å². The molecule has 1 heterocycles. The van der Waals surface area contributed by atoms with E-state index in [9.17, 15) is 13.2 Å². The molecule has 6 heteroatoms. The molecular formula is C25H26N2O3S. The number of sulfonamides is 1. The topological polar surface area (TPSA) is 66.5 Å². The Labute approximate surface area is 183 Å². The van der Waals surface area contributed by atoms with Gasteiger partial charge in [0.05, 0.1) is 10.6 Å². The minimum atomic E-state index is -3.68. The molecule has 3 aromatic rings. The van der Waals surface area contributed by atoms with E-state index in [4.69, 9.17) is 0 Å². The smallest absolute Gasteiger partial charge is 0.264 e. The number of benzene rings is 3. The lowest BCUT2D eigenvalue weighted by atomic mass is 10.1. The van der Waals surface area contributed by atoms with Gasteiger partial charge in [0.1, 0.15) is 0 Å². The number of carbonyl (C=O) groups excluding carboxylic acids is 1. The largest absolute Gasteiger partial charge is 0.322 e. The molecule has 0 spiro atoms. The summed E-state index contributed by atoms with van der Waals surface area (Å²) < 4.78 is 28.1. The van der Waals surface area contributed by atoms with E-state index in [1.807, 2.05) is 45.9 Å². The van der Waals surface area contributed by atoms with Gasteiger partial charge >= 0.3 is 0 Å². The number of anilines is 2. The van der Waals surface area contributed by atoms with E-state index in [0.717, 1.165) is 27.9 Å². The fraction of sp³-hybridized carbons (Fsp3) is 0.240. The molecule has 0 unspecified atom stereocenters. The van der Waals surface area contributed by atoms with Crippen molar-refractivity contribution in [1.82, 2.24) is 0 Å². The monoisotopic (exact) mass is 434 g/mol. The van der Waals surface area contributed by atoms with Gasteiger partial charge in [-0.05, 0) is 81.6 Å². The third-order valence-corrected chi connectivity index (χ3v) is 7.65. The standard InChI is InChI=1S/C25H26N2O3S/c1-16-5-9-22(10-6-16)31(29,30)27-19(4)14-21-15-20(8-12-24(21)27)25(28)26-23-11-7-17(2)13-18(23)3/h5-13,15,19H,14H2,1-4H3,(H,26,28)/t19-/m1/s1. The van der Waals surface area contributed by atoms with Gasteiger partial charge in [0.25, 0.3) is 15.9 Å². The van der Waals surface area contributed by atoms with Crippen LogP contribution in [0.5, 0.6) is 0 Å². The zero-order valence-corrected chi connectivity index (χ0v) is 19.0. The van der Waals surface area contributed by atoms with Gasteiger partial charge in [0.2, 0.25) is 0 Å². The summed E-state index contributed by atoms with van der Waals surface area (Å²) >= 11 is 0. The van der Waals surface area contributed by atoms with Gasteiger partial charge in [0.15, 0.2) is 0 Å². The first kappa shape index (κ1) is 21.1. The third kappa shape index (κ3) is 3.95. The summed E-state index contributed by atoms with van der Waals surface area (Å²) in [6, 6.07) is 17.8. The molecule has 4 rings (SSSR count). The van der Waals surface area contributed by atoms with Crippen LogP contribution in [0.25, 0.3) is 0 Å². The second-order valence-electron chi connectivity index (χ2n) is 8.28. The van der Waals surface area contributed by atoms with Gasteiger partial charge < -0.3 is 5.32 Å². The lowest BCUT2D eigenvalue weighted by Gasteiger charge is -2.24. The van der Waals surface area contributed by atoms with Crippen LogP contribution in [-0.2, 0) is 16.4 Å². The predicted octanol–water partition coefficient (Wildman–Crippen LogP) is 5.00. The van der Waals surface area contributed by atoms with Crippen molar-refractivity contribution in [3.8, 4) is 0 Å². The zero-order chi connectivity index (χ0) is 22.3. The Morgan fingerprint density at radius 1 is 0.935 bits per heavy atom. The van der Waals surface area contributed by atoms with Crippen molar-refractivity contribution in [2.24, 2.45) is 0 Å². The summed E-state index contributed by atoms with van der Waals surface area (Å²) in [5, 5.41) is 2.96. The van der Waals surface area contributed by atoms with Gasteiger partial charge in [-0.25, -0.2) is 8.42 Å². The van der Waals surface area contributed by atoms with Crippen LogP contribution in [0, 0.1) is 20.8 Å². The molecule has 0 aliphatic carbocycles. The highest BCUT2D eigenvalue weighted by Crippen LogP contribution is 2.37. The lowest BCUT2D eigenvalue weighted by Crippen LogP contribution is -2.35. The van der Waals surface area contributed by atoms with Gasteiger partial charge in [-0.15, -0.1) is 0 Å². The Balaban J connectivity index is 1.63. The Morgan fingerprint density at radius 3 is 2.29 bits per heavy atom. The summed E-state index contributed by atoms with van der Waals surface area (Å²) in [6.45, 7) is 7.79. The number of hydrogen-bond acceptors (Lipinski definition) is 3. The average molecular weight is 435 g/mol. The van der Waals surface area contributed by atoms with Crippen molar-refractivity contribution in [2.75, 3.05) is 9.62 Å². The van der Waals surface area contributed by atoms with E-state index in [1.165, 1.54) is 4.31 Å². The van der Waals surface area contributed by atoms with Crippen molar-refractivity contribution in [3.05, 3.63) is 88.5 Å². The first-order valence-electron chi connectivity index (χ1n) is 10.3. The Hall–Kier alpha value is -3.12. The van der Waals surface area contributed by atoms with Gasteiger partial charge in [-0.1, -0.05) is 35.4 Å². The molecule has 0 saturated heterocycles. The van der Waals surface area contributed by atoms with Crippen molar-refractivity contribution >= 4 is 27.3 Å². The second-order valence-corrected chi connectivity index (χ2v) is 10.1. The summed E-state index contributed by atoms with van der Waals surface area (Å²) in [5.41, 5.74) is 5.92. The summed E-state index contributed by atoms with van der Waals surface area (Å²) in [5.74, 6) is -0.206. The number of hydrogen-bond donors (Lipinski definition) is 1. The van der Waals surface area contributed by atoms with Crippen LogP contribution in [0.2, 0.25) is 0 Å². The van der Waals surface area contributed by atoms with Crippen LogP contribution in [0.15, 0.2) is 65.6 Å². The van der Waals surface area contributed by atoms with Crippen LogP contribution in [0.3, 0.4) is 0 Å². The molecule has 0 fully saturated rings. The Kier molecular flexibility index (Phi) is 5.35. The quantitative estimate of drug-likeness (QED) is 0.628. The molecule has 0 aromatic heterocycles. The minimum absolute atomic E-state index is 0.206.